The Bertz CT molecular complexity index is 1010. The van der Waals surface area contributed by atoms with Crippen molar-refractivity contribution < 1.29 is 44.7 Å². The minimum Gasteiger partial charge on any atom is -0.476 e. The van der Waals surface area contributed by atoms with Crippen molar-refractivity contribution in [2.75, 3.05) is 5.75 Å². The Morgan fingerprint density at radius 2 is 1.57 bits per heavy atom. The van der Waals surface area contributed by atoms with E-state index in [1.54, 1.807) is 0 Å². The number of alkyl halides is 6. The fourth-order valence-electron chi connectivity index (χ4n) is 2.29. The number of carboxylic acid groups (broad SMARTS) is 1. The summed E-state index contributed by atoms with van der Waals surface area (Å²) in [7, 11) is -4.37. The SMILES string of the molecule is CCS(=O)(=O)c1cc(C(F)(F)F)c(-c2ccc(C(F)(F)F)cc2)nc1C(=O)O. The first-order chi connectivity index (χ1) is 12.7. The predicted molar refractivity (Wildman–Crippen MR) is 84.4 cm³/mol. The highest BCUT2D eigenvalue weighted by Gasteiger charge is 2.38. The van der Waals surface area contributed by atoms with Crippen molar-refractivity contribution in [3.05, 3.63) is 47.2 Å². The lowest BCUT2D eigenvalue weighted by Crippen LogP contribution is -2.18. The maximum absolute atomic E-state index is 13.4. The minimum atomic E-state index is -5.14. The fraction of sp³-hybridized carbons (Fsp3) is 0.250. The first-order valence-electron chi connectivity index (χ1n) is 7.44. The quantitative estimate of drug-likeness (QED) is 0.737. The fourth-order valence-corrected chi connectivity index (χ4v) is 3.33. The number of pyridine rings is 1. The maximum Gasteiger partial charge on any atom is 0.418 e. The van der Waals surface area contributed by atoms with Gasteiger partial charge in [0.05, 0.1) is 22.6 Å². The Kier molecular flexibility index (Phi) is 5.48. The van der Waals surface area contributed by atoms with E-state index < -0.39 is 66.9 Å². The number of sulfone groups is 1. The summed E-state index contributed by atoms with van der Waals surface area (Å²) in [6.07, 6.45) is -9.87. The third kappa shape index (κ3) is 4.26. The highest BCUT2D eigenvalue weighted by Crippen LogP contribution is 2.39. The van der Waals surface area contributed by atoms with Crippen LogP contribution in [0.4, 0.5) is 26.3 Å². The summed E-state index contributed by atoms with van der Waals surface area (Å²) in [5.41, 5.74) is -5.31. The van der Waals surface area contributed by atoms with Gasteiger partial charge in [-0.1, -0.05) is 19.1 Å². The van der Waals surface area contributed by atoms with E-state index in [0.29, 0.717) is 24.3 Å². The number of nitrogens with zero attached hydrogens (tertiary/aromatic N) is 1. The van der Waals surface area contributed by atoms with Gasteiger partial charge < -0.3 is 5.11 Å². The van der Waals surface area contributed by atoms with E-state index in [-0.39, 0.29) is 6.07 Å². The second-order valence-electron chi connectivity index (χ2n) is 5.51. The van der Waals surface area contributed by atoms with E-state index >= 15 is 0 Å². The predicted octanol–water partition coefficient (Wildman–Crippen LogP) is 4.28. The molecule has 0 radical (unpaired) electrons. The molecule has 1 N–H and O–H groups in total. The summed E-state index contributed by atoms with van der Waals surface area (Å²) in [6, 6.07) is 2.55. The van der Waals surface area contributed by atoms with Crippen LogP contribution in [0.3, 0.4) is 0 Å². The number of aromatic carboxylic acids is 1. The number of aromatic nitrogens is 1. The smallest absolute Gasteiger partial charge is 0.418 e. The topological polar surface area (TPSA) is 84.3 Å². The van der Waals surface area contributed by atoms with E-state index in [1.165, 1.54) is 0 Å². The average molecular weight is 427 g/mol. The normalized spacial score (nSPS) is 12.8. The van der Waals surface area contributed by atoms with Gasteiger partial charge in [0.2, 0.25) is 0 Å². The molecule has 1 aromatic carbocycles. The van der Waals surface area contributed by atoms with Gasteiger partial charge in [0.15, 0.2) is 15.5 Å². The molecule has 0 fully saturated rings. The van der Waals surface area contributed by atoms with Crippen molar-refractivity contribution in [3.8, 4) is 11.3 Å². The maximum atomic E-state index is 13.4. The van der Waals surface area contributed by atoms with E-state index in [9.17, 15) is 44.7 Å². The van der Waals surface area contributed by atoms with Crippen LogP contribution in [0.5, 0.6) is 0 Å². The molecular weight excluding hydrogens is 416 g/mol. The summed E-state index contributed by atoms with van der Waals surface area (Å²) in [6.45, 7) is 1.11. The van der Waals surface area contributed by atoms with Gasteiger partial charge >= 0.3 is 18.3 Å². The van der Waals surface area contributed by atoms with Crippen molar-refractivity contribution in [1.82, 2.24) is 4.98 Å². The zero-order valence-electron chi connectivity index (χ0n) is 13.9. The molecule has 152 valence electrons. The minimum absolute atomic E-state index is 0.141. The van der Waals surface area contributed by atoms with Crippen molar-refractivity contribution in [2.45, 2.75) is 24.2 Å². The summed E-state index contributed by atoms with van der Waals surface area (Å²) >= 11 is 0. The monoisotopic (exact) mass is 427 g/mol. The molecule has 12 heteroatoms. The largest absolute Gasteiger partial charge is 0.476 e. The lowest BCUT2D eigenvalue weighted by molar-refractivity contribution is -0.138. The van der Waals surface area contributed by atoms with E-state index in [2.05, 4.69) is 4.98 Å². The van der Waals surface area contributed by atoms with Crippen molar-refractivity contribution in [2.24, 2.45) is 0 Å². The van der Waals surface area contributed by atoms with Gasteiger partial charge in [-0.2, -0.15) is 26.3 Å². The highest BCUT2D eigenvalue weighted by molar-refractivity contribution is 7.91. The molecule has 0 aliphatic carbocycles. The summed E-state index contributed by atoms with van der Waals surface area (Å²) in [5.74, 6) is -2.57. The van der Waals surface area contributed by atoms with Crippen molar-refractivity contribution in [3.63, 3.8) is 0 Å². The molecule has 28 heavy (non-hydrogen) atoms. The van der Waals surface area contributed by atoms with Crippen LogP contribution in [0.25, 0.3) is 11.3 Å². The van der Waals surface area contributed by atoms with Gasteiger partial charge in [0.1, 0.15) is 4.90 Å². The van der Waals surface area contributed by atoms with Crippen LogP contribution < -0.4 is 0 Å². The Balaban J connectivity index is 2.83. The van der Waals surface area contributed by atoms with Gasteiger partial charge in [-0.3, -0.25) is 0 Å². The molecular formula is C16H11F6NO4S. The molecule has 0 aliphatic rings. The molecule has 5 nitrogen and oxygen atoms in total. The molecule has 0 spiro atoms. The molecule has 0 aliphatic heterocycles. The van der Waals surface area contributed by atoms with E-state index in [0.717, 1.165) is 6.92 Å². The number of halogens is 6. The van der Waals surface area contributed by atoms with Crippen LogP contribution in [0.15, 0.2) is 35.2 Å². The van der Waals surface area contributed by atoms with Crippen molar-refractivity contribution in [1.29, 1.82) is 0 Å². The van der Waals surface area contributed by atoms with E-state index in [4.69, 9.17) is 0 Å². The van der Waals surface area contributed by atoms with Crippen LogP contribution in [0.1, 0.15) is 28.5 Å². The molecule has 1 aromatic heterocycles. The molecule has 0 saturated heterocycles. The van der Waals surface area contributed by atoms with Crippen LogP contribution >= 0.6 is 0 Å². The van der Waals surface area contributed by atoms with Gasteiger partial charge in [0, 0.05) is 5.56 Å². The van der Waals surface area contributed by atoms with Gasteiger partial charge in [-0.15, -0.1) is 0 Å². The third-order valence-corrected chi connectivity index (χ3v) is 5.44. The number of carbonyl (C=O) groups is 1. The molecule has 0 unspecified atom stereocenters. The van der Waals surface area contributed by atoms with Crippen LogP contribution in [-0.2, 0) is 22.2 Å². The van der Waals surface area contributed by atoms with E-state index in [1.807, 2.05) is 0 Å². The Morgan fingerprint density at radius 1 is 1.04 bits per heavy atom. The Morgan fingerprint density at radius 3 is 1.96 bits per heavy atom. The van der Waals surface area contributed by atoms with Crippen molar-refractivity contribution >= 4 is 15.8 Å². The van der Waals surface area contributed by atoms with Crippen LogP contribution in [-0.4, -0.2) is 30.2 Å². The zero-order chi connectivity index (χ0) is 21.5. The van der Waals surface area contributed by atoms with Gasteiger partial charge in [-0.25, -0.2) is 18.2 Å². The molecule has 2 rings (SSSR count). The number of rotatable bonds is 4. The molecule has 0 atom stereocenters. The zero-order valence-corrected chi connectivity index (χ0v) is 14.7. The molecule has 0 bridgehead atoms. The van der Waals surface area contributed by atoms with Crippen LogP contribution in [0.2, 0.25) is 0 Å². The molecule has 1 heterocycles. The molecule has 2 aromatic rings. The first kappa shape index (κ1) is 21.7. The number of hydrogen-bond donors (Lipinski definition) is 1. The first-order valence-corrected chi connectivity index (χ1v) is 9.09. The second-order valence-corrected chi connectivity index (χ2v) is 7.76. The summed E-state index contributed by atoms with van der Waals surface area (Å²) in [5, 5.41) is 9.18. The summed E-state index contributed by atoms with van der Waals surface area (Å²) in [4.78, 5) is 13.6. The number of hydrogen-bond acceptors (Lipinski definition) is 4. The lowest BCUT2D eigenvalue weighted by Gasteiger charge is -2.16. The molecule has 0 amide bonds. The number of benzene rings is 1. The number of carboxylic acids is 1. The third-order valence-electron chi connectivity index (χ3n) is 3.70. The van der Waals surface area contributed by atoms with Crippen LogP contribution in [0, 0.1) is 0 Å². The second kappa shape index (κ2) is 7.08. The lowest BCUT2D eigenvalue weighted by atomic mass is 10.0. The highest BCUT2D eigenvalue weighted by atomic mass is 32.2. The summed E-state index contributed by atoms with van der Waals surface area (Å²) < 4.78 is 102. The van der Waals surface area contributed by atoms with Gasteiger partial charge in [-0.05, 0) is 18.2 Å². The Labute approximate surface area is 154 Å². The standard InChI is InChI=1S/C16H11F6NO4S/c1-2-28(26,27)11-7-10(16(20,21)22)12(23-13(11)14(24)25)8-3-5-9(6-4-8)15(17,18)19/h3-7H,2H2,1H3,(H,24,25). The van der Waals surface area contributed by atoms with Gasteiger partial charge in [0.25, 0.3) is 0 Å². The Hall–Kier alpha value is -2.63. The molecule has 0 saturated carbocycles. The average Bonchev–Trinajstić information content (AvgIpc) is 2.59.